The monoisotopic (exact) mass is 598 g/mol. The van der Waals surface area contributed by atoms with Crippen molar-refractivity contribution in [2.24, 2.45) is 56.2 Å². The van der Waals surface area contributed by atoms with Gasteiger partial charge in [-0.25, -0.2) is 0 Å². The summed E-state index contributed by atoms with van der Waals surface area (Å²) in [6, 6.07) is 11.3. The zero-order chi connectivity index (χ0) is 32.3. The summed E-state index contributed by atoms with van der Waals surface area (Å²) in [4.78, 5) is 29.1. The number of carbonyl (C=O) groups excluding carboxylic acids is 1. The zero-order valence-corrected chi connectivity index (χ0v) is 28.6. The molecule has 0 aliphatic heterocycles. The predicted molar refractivity (Wildman–Crippen MR) is 176 cm³/mol. The Morgan fingerprint density at radius 1 is 0.955 bits per heavy atom. The number of rotatable bonds is 3. The van der Waals surface area contributed by atoms with Crippen LogP contribution in [0.1, 0.15) is 112 Å². The van der Waals surface area contributed by atoms with E-state index in [4.69, 9.17) is 0 Å². The van der Waals surface area contributed by atoms with Crippen LogP contribution < -0.4 is 4.90 Å². The van der Waals surface area contributed by atoms with Gasteiger partial charge in [-0.05, 0) is 120 Å². The summed E-state index contributed by atoms with van der Waals surface area (Å²) in [6.07, 6.45) is 7.71. The molecule has 238 valence electrons. The minimum atomic E-state index is -0.718. The maximum atomic E-state index is 13.6. The smallest absolute Gasteiger partial charge is 0.310 e. The first-order valence-corrected chi connectivity index (χ1v) is 17.1. The second kappa shape index (κ2) is 9.70. The van der Waals surface area contributed by atoms with E-state index in [1.54, 1.807) is 0 Å². The first-order chi connectivity index (χ1) is 20.4. The summed E-state index contributed by atoms with van der Waals surface area (Å²) in [7, 11) is 4.16. The van der Waals surface area contributed by atoms with Crippen LogP contribution in [-0.2, 0) is 9.59 Å². The van der Waals surface area contributed by atoms with Gasteiger partial charge in [0.2, 0.25) is 0 Å². The molecule has 0 saturated heterocycles. The molecule has 0 amide bonds. The Bertz CT molecular complexity index is 1480. The van der Waals surface area contributed by atoms with Crippen molar-refractivity contribution in [2.45, 2.75) is 106 Å². The molecular weight excluding hydrogens is 544 g/mol. The number of Topliss-reactive ketones (excluding diaryl/α,β-unsaturated/α-hetero) is 1. The van der Waals surface area contributed by atoms with E-state index in [2.05, 4.69) is 97.8 Å². The van der Waals surface area contributed by atoms with Gasteiger partial charge in [0.05, 0.1) is 11.5 Å². The number of carbonyl (C=O) groups is 2. The number of aliphatic carboxylic acids is 1. The fourth-order valence-corrected chi connectivity index (χ4v) is 12.1. The van der Waals surface area contributed by atoms with Gasteiger partial charge in [0, 0.05) is 25.2 Å². The summed E-state index contributed by atoms with van der Waals surface area (Å²) < 4.78 is 0. The first-order valence-electron chi connectivity index (χ1n) is 17.1. The minimum absolute atomic E-state index is 0.0000448. The SMILES string of the molecule is CN(C)c1cccc(C2=C3C4CC(C)(C)CCC4(C(=O)O)CCC3(C)C3(C)CCC4C(C)(C)C(=O)C(C#N)CC4(C)C3C2)c1. The number of fused-ring (bicyclic) bond motifs is 7. The average Bonchev–Trinajstić information content (AvgIpc) is 2.94. The summed E-state index contributed by atoms with van der Waals surface area (Å²) in [6.45, 7) is 16.3. The van der Waals surface area contributed by atoms with Crippen molar-refractivity contribution in [1.29, 1.82) is 5.26 Å². The minimum Gasteiger partial charge on any atom is -0.481 e. The molecule has 5 nitrogen and oxygen atoms in total. The Morgan fingerprint density at radius 3 is 2.27 bits per heavy atom. The van der Waals surface area contributed by atoms with Crippen LogP contribution in [0.5, 0.6) is 0 Å². The van der Waals surface area contributed by atoms with Gasteiger partial charge in [-0.3, -0.25) is 9.59 Å². The highest BCUT2D eigenvalue weighted by Gasteiger charge is 2.71. The number of anilines is 1. The van der Waals surface area contributed by atoms with Crippen molar-refractivity contribution in [3.05, 3.63) is 35.4 Å². The molecule has 5 aliphatic rings. The van der Waals surface area contributed by atoms with E-state index >= 15 is 0 Å². The Kier molecular flexibility index (Phi) is 6.91. The number of nitrogens with zero attached hydrogens (tertiary/aromatic N) is 2. The van der Waals surface area contributed by atoms with E-state index in [9.17, 15) is 20.0 Å². The van der Waals surface area contributed by atoms with Gasteiger partial charge in [0.1, 0.15) is 5.92 Å². The molecule has 1 aromatic carbocycles. The molecule has 8 atom stereocenters. The normalized spacial score (nSPS) is 42.2. The van der Waals surface area contributed by atoms with E-state index in [0.717, 1.165) is 57.1 Å². The summed E-state index contributed by atoms with van der Waals surface area (Å²) in [5.41, 5.74) is 3.59. The lowest BCUT2D eigenvalue weighted by Gasteiger charge is -2.71. The van der Waals surface area contributed by atoms with Crippen LogP contribution in [0.15, 0.2) is 29.8 Å². The molecule has 0 heterocycles. The Balaban J connectivity index is 1.63. The van der Waals surface area contributed by atoms with Crippen molar-refractivity contribution < 1.29 is 14.7 Å². The zero-order valence-electron chi connectivity index (χ0n) is 28.6. The number of ketones is 1. The quantitative estimate of drug-likeness (QED) is 0.376. The van der Waals surface area contributed by atoms with Gasteiger partial charge < -0.3 is 10.0 Å². The maximum absolute atomic E-state index is 13.6. The number of carboxylic acid groups (broad SMARTS) is 1. The first kappa shape index (κ1) is 31.4. The Hall–Kier alpha value is -2.61. The highest BCUT2D eigenvalue weighted by Crippen LogP contribution is 2.77. The molecule has 0 bridgehead atoms. The predicted octanol–water partition coefficient (Wildman–Crippen LogP) is 8.78. The molecule has 0 radical (unpaired) electrons. The molecule has 1 N–H and O–H groups in total. The molecule has 44 heavy (non-hydrogen) atoms. The summed E-state index contributed by atoms with van der Waals surface area (Å²) in [5, 5.41) is 21.2. The van der Waals surface area contributed by atoms with Gasteiger partial charge >= 0.3 is 5.97 Å². The number of hydrogen-bond donors (Lipinski definition) is 1. The van der Waals surface area contributed by atoms with Crippen molar-refractivity contribution in [3.8, 4) is 6.07 Å². The highest BCUT2D eigenvalue weighted by atomic mass is 16.4. The molecule has 6 rings (SSSR count). The van der Waals surface area contributed by atoms with Gasteiger partial charge in [-0.1, -0.05) is 66.2 Å². The van der Waals surface area contributed by atoms with Gasteiger partial charge in [0.25, 0.3) is 0 Å². The molecular formula is C39H54N2O3. The third-order valence-electron chi connectivity index (χ3n) is 14.8. The second-order valence-electron chi connectivity index (χ2n) is 17.8. The molecule has 5 heteroatoms. The molecule has 0 spiro atoms. The highest BCUT2D eigenvalue weighted by molar-refractivity contribution is 5.90. The maximum Gasteiger partial charge on any atom is 0.310 e. The third kappa shape index (κ3) is 4.01. The number of hydrogen-bond acceptors (Lipinski definition) is 4. The van der Waals surface area contributed by atoms with Gasteiger partial charge in [-0.15, -0.1) is 0 Å². The molecule has 8 unspecified atom stereocenters. The van der Waals surface area contributed by atoms with E-state index in [1.165, 1.54) is 16.7 Å². The molecule has 0 aromatic heterocycles. The molecule has 4 saturated carbocycles. The van der Waals surface area contributed by atoms with Crippen LogP contribution in [0.3, 0.4) is 0 Å². The van der Waals surface area contributed by atoms with E-state index in [-0.39, 0.29) is 45.2 Å². The van der Waals surface area contributed by atoms with Crippen LogP contribution in [0.2, 0.25) is 0 Å². The van der Waals surface area contributed by atoms with Crippen LogP contribution in [0.4, 0.5) is 5.69 Å². The third-order valence-corrected chi connectivity index (χ3v) is 14.8. The van der Waals surface area contributed by atoms with E-state index in [1.807, 2.05) is 0 Å². The average molecular weight is 599 g/mol. The second-order valence-corrected chi connectivity index (χ2v) is 17.8. The van der Waals surface area contributed by atoms with Crippen LogP contribution in [0.25, 0.3) is 5.57 Å². The summed E-state index contributed by atoms with van der Waals surface area (Å²) >= 11 is 0. The molecule has 5 aliphatic carbocycles. The fourth-order valence-electron chi connectivity index (χ4n) is 12.1. The lowest BCUT2D eigenvalue weighted by Crippen LogP contribution is -2.66. The Labute approximate surface area is 265 Å². The number of benzene rings is 1. The van der Waals surface area contributed by atoms with Crippen molar-refractivity contribution in [1.82, 2.24) is 0 Å². The standard InChI is InChI=1S/C39H54N2O3/c1-34(2)15-17-39(33(43)44)18-16-38(7)31(28(39)22-34)27(24-11-10-12-26(19-24)41(8)9)20-30-36(5)21-25(23-40)32(42)35(3,4)29(36)13-14-37(30,38)6/h10-12,19,25,28-30H,13-18,20-22H2,1-9H3,(H,43,44). The Morgan fingerprint density at radius 2 is 1.64 bits per heavy atom. The number of carboxylic acids is 1. The number of nitriles is 1. The number of allylic oxidation sites excluding steroid dienone is 2. The lowest BCUT2D eigenvalue weighted by molar-refractivity contribution is -0.191. The van der Waals surface area contributed by atoms with Crippen LogP contribution in [0, 0.1) is 67.5 Å². The van der Waals surface area contributed by atoms with E-state index < -0.39 is 22.7 Å². The van der Waals surface area contributed by atoms with Crippen molar-refractivity contribution in [3.63, 3.8) is 0 Å². The lowest BCUT2D eigenvalue weighted by atomic mass is 9.32. The fraction of sp³-hybridized carbons (Fsp3) is 0.718. The molecule has 4 fully saturated rings. The van der Waals surface area contributed by atoms with Gasteiger partial charge in [-0.2, -0.15) is 5.26 Å². The summed E-state index contributed by atoms with van der Waals surface area (Å²) in [5.74, 6) is -0.548. The van der Waals surface area contributed by atoms with Crippen LogP contribution >= 0.6 is 0 Å². The topological polar surface area (TPSA) is 81.4 Å². The van der Waals surface area contributed by atoms with Gasteiger partial charge in [0.15, 0.2) is 5.78 Å². The molecule has 1 aromatic rings. The largest absolute Gasteiger partial charge is 0.481 e. The van der Waals surface area contributed by atoms with E-state index in [0.29, 0.717) is 6.42 Å². The van der Waals surface area contributed by atoms with Crippen molar-refractivity contribution in [2.75, 3.05) is 19.0 Å². The van der Waals surface area contributed by atoms with Crippen LogP contribution in [-0.4, -0.2) is 31.0 Å². The van der Waals surface area contributed by atoms with Crippen molar-refractivity contribution >= 4 is 23.0 Å².